The zero-order chi connectivity index (χ0) is 15.2. The zero-order valence-corrected chi connectivity index (χ0v) is 14.4. The van der Waals surface area contributed by atoms with Gasteiger partial charge in [0.15, 0.2) is 0 Å². The van der Waals surface area contributed by atoms with Crippen LogP contribution in [0.4, 0.5) is 4.39 Å². The van der Waals surface area contributed by atoms with Crippen LogP contribution in [0.2, 0.25) is 0 Å². The Kier molecular flexibility index (Phi) is 8.00. The summed E-state index contributed by atoms with van der Waals surface area (Å²) in [5, 5.41) is 6.24. The molecule has 1 fully saturated rings. The van der Waals surface area contributed by atoms with Gasteiger partial charge in [0.25, 0.3) is 0 Å². The van der Waals surface area contributed by atoms with Gasteiger partial charge in [-0.2, -0.15) is 11.8 Å². The van der Waals surface area contributed by atoms with Gasteiger partial charge in [-0.1, -0.05) is 0 Å². The second-order valence-electron chi connectivity index (χ2n) is 5.11. The Bertz CT molecular complexity index is 498. The highest BCUT2D eigenvalue weighted by Crippen LogP contribution is 2.26. The third-order valence-corrected chi connectivity index (χ3v) is 4.60. The maximum Gasteiger partial charge on any atom is 0.222 e. The number of carbonyl (C=O) groups excluding carboxylic acids is 1. The Labute approximate surface area is 141 Å². The second kappa shape index (κ2) is 9.22. The van der Waals surface area contributed by atoms with Gasteiger partial charge in [0.05, 0.1) is 13.2 Å². The number of halogens is 2. The molecule has 0 aliphatic carbocycles. The maximum atomic E-state index is 13.4. The fraction of sp³-hybridized carbons (Fsp3) is 0.533. The Morgan fingerprint density at radius 3 is 3.00 bits per heavy atom. The third kappa shape index (κ3) is 5.34. The van der Waals surface area contributed by atoms with E-state index in [9.17, 15) is 9.18 Å². The van der Waals surface area contributed by atoms with Gasteiger partial charge in [0.1, 0.15) is 11.6 Å². The molecular weight excluding hydrogens is 327 g/mol. The third-order valence-electron chi connectivity index (χ3n) is 3.47. The van der Waals surface area contributed by atoms with Crippen molar-refractivity contribution in [1.82, 2.24) is 10.6 Å². The van der Waals surface area contributed by atoms with E-state index in [4.69, 9.17) is 4.74 Å². The second-order valence-corrected chi connectivity index (χ2v) is 6.26. The topological polar surface area (TPSA) is 50.4 Å². The molecule has 1 aromatic rings. The highest BCUT2D eigenvalue weighted by Gasteiger charge is 2.19. The van der Waals surface area contributed by atoms with E-state index in [-0.39, 0.29) is 36.2 Å². The van der Waals surface area contributed by atoms with Gasteiger partial charge < -0.3 is 15.4 Å². The molecule has 2 N–H and O–H groups in total. The molecule has 1 saturated heterocycles. The summed E-state index contributed by atoms with van der Waals surface area (Å²) in [4.78, 5) is 12.1. The van der Waals surface area contributed by atoms with Crippen LogP contribution in [0.3, 0.4) is 0 Å². The summed E-state index contributed by atoms with van der Waals surface area (Å²) in [6.07, 6.45) is 0.439. The van der Waals surface area contributed by atoms with Gasteiger partial charge in [-0.3, -0.25) is 4.79 Å². The molecule has 1 amide bonds. The number of amides is 1. The molecule has 124 valence electrons. The van der Waals surface area contributed by atoms with Crippen LogP contribution in [0.25, 0.3) is 0 Å². The Hall–Kier alpha value is -0.980. The highest BCUT2D eigenvalue weighted by atomic mass is 35.5. The van der Waals surface area contributed by atoms with Crippen LogP contribution in [-0.4, -0.2) is 37.1 Å². The molecule has 0 saturated carbocycles. The number of methoxy groups -OCH3 is 1. The lowest BCUT2D eigenvalue weighted by Gasteiger charge is -2.24. The Morgan fingerprint density at radius 1 is 1.59 bits per heavy atom. The lowest BCUT2D eigenvalue weighted by molar-refractivity contribution is -0.122. The molecule has 22 heavy (non-hydrogen) atoms. The maximum absolute atomic E-state index is 13.4. The Morgan fingerprint density at radius 2 is 2.36 bits per heavy atom. The first-order chi connectivity index (χ1) is 10.1. The van der Waals surface area contributed by atoms with Crippen LogP contribution >= 0.6 is 24.2 Å². The largest absolute Gasteiger partial charge is 0.496 e. The molecule has 0 aromatic heterocycles. The lowest BCUT2D eigenvalue weighted by atomic mass is 10.1. The van der Waals surface area contributed by atoms with E-state index in [1.807, 2.05) is 18.7 Å². The number of hydrogen-bond donors (Lipinski definition) is 2. The fourth-order valence-corrected chi connectivity index (χ4v) is 3.35. The molecule has 0 spiro atoms. The molecule has 2 atom stereocenters. The first kappa shape index (κ1) is 19.1. The van der Waals surface area contributed by atoms with Crippen molar-refractivity contribution < 1.29 is 13.9 Å². The van der Waals surface area contributed by atoms with E-state index < -0.39 is 0 Å². The number of nitrogens with one attached hydrogen (secondary N) is 2. The Balaban J connectivity index is 0.00000242. The number of thioether (sulfide) groups is 1. The standard InChI is InChI=1S/C15H21FN2O2S.ClH/c1-10(13-7-11(16)3-4-14(13)20-2)18-15(19)8-12-9-21-6-5-17-12;/h3-4,7,10,12,17H,5-6,8-9H2,1-2H3,(H,18,19);1H. The molecule has 1 aliphatic heterocycles. The quantitative estimate of drug-likeness (QED) is 0.858. The monoisotopic (exact) mass is 348 g/mol. The van der Waals surface area contributed by atoms with Gasteiger partial charge in [-0.25, -0.2) is 4.39 Å². The predicted molar refractivity (Wildman–Crippen MR) is 90.5 cm³/mol. The van der Waals surface area contributed by atoms with Crippen LogP contribution in [0.5, 0.6) is 5.75 Å². The smallest absolute Gasteiger partial charge is 0.222 e. The van der Waals surface area contributed by atoms with E-state index in [0.717, 1.165) is 18.1 Å². The van der Waals surface area contributed by atoms with Crippen molar-refractivity contribution in [1.29, 1.82) is 0 Å². The van der Waals surface area contributed by atoms with Gasteiger partial charge in [0.2, 0.25) is 5.91 Å². The van der Waals surface area contributed by atoms with Crippen molar-refractivity contribution in [3.05, 3.63) is 29.6 Å². The van der Waals surface area contributed by atoms with Crippen molar-refractivity contribution in [3.8, 4) is 5.75 Å². The van der Waals surface area contributed by atoms with Crippen molar-refractivity contribution in [2.75, 3.05) is 25.2 Å². The molecular formula is C15H22ClFN2O2S. The van der Waals surface area contributed by atoms with Gasteiger partial charge in [-0.15, -0.1) is 12.4 Å². The molecule has 2 unspecified atom stereocenters. The van der Waals surface area contributed by atoms with E-state index in [1.165, 1.54) is 19.2 Å². The molecule has 1 aromatic carbocycles. The first-order valence-corrected chi connectivity index (χ1v) is 8.19. The molecule has 2 rings (SSSR count). The summed E-state index contributed by atoms with van der Waals surface area (Å²) in [5.74, 6) is 2.25. The van der Waals surface area contributed by atoms with Gasteiger partial charge in [0, 0.05) is 36.1 Å². The molecule has 0 bridgehead atoms. The predicted octanol–water partition coefficient (Wildman–Crippen LogP) is 2.53. The van der Waals surface area contributed by atoms with Crippen molar-refractivity contribution in [2.45, 2.75) is 25.4 Å². The van der Waals surface area contributed by atoms with Crippen molar-refractivity contribution in [2.24, 2.45) is 0 Å². The number of rotatable bonds is 5. The normalized spacial score (nSPS) is 19.0. The minimum Gasteiger partial charge on any atom is -0.496 e. The number of carbonyl (C=O) groups is 1. The summed E-state index contributed by atoms with van der Waals surface area (Å²) in [6.45, 7) is 2.77. The summed E-state index contributed by atoms with van der Waals surface area (Å²) in [6, 6.07) is 4.25. The lowest BCUT2D eigenvalue weighted by Crippen LogP contribution is -2.41. The average Bonchev–Trinajstić information content (AvgIpc) is 2.48. The molecule has 1 heterocycles. The van der Waals surface area contributed by atoms with E-state index in [0.29, 0.717) is 17.7 Å². The minimum atomic E-state index is -0.336. The van der Waals surface area contributed by atoms with Crippen LogP contribution in [0.1, 0.15) is 24.9 Å². The zero-order valence-electron chi connectivity index (χ0n) is 12.7. The van der Waals surface area contributed by atoms with Crippen molar-refractivity contribution in [3.63, 3.8) is 0 Å². The van der Waals surface area contributed by atoms with Crippen LogP contribution in [-0.2, 0) is 4.79 Å². The molecule has 4 nitrogen and oxygen atoms in total. The molecule has 0 radical (unpaired) electrons. The first-order valence-electron chi connectivity index (χ1n) is 7.04. The molecule has 1 aliphatic rings. The average molecular weight is 349 g/mol. The van der Waals surface area contributed by atoms with E-state index >= 15 is 0 Å². The number of ether oxygens (including phenoxy) is 1. The number of hydrogen-bond acceptors (Lipinski definition) is 4. The van der Waals surface area contributed by atoms with E-state index in [1.54, 1.807) is 6.07 Å². The highest BCUT2D eigenvalue weighted by molar-refractivity contribution is 7.99. The molecule has 7 heteroatoms. The summed E-state index contributed by atoms with van der Waals surface area (Å²) >= 11 is 1.86. The fourth-order valence-electron chi connectivity index (χ4n) is 2.40. The van der Waals surface area contributed by atoms with E-state index in [2.05, 4.69) is 10.6 Å². The number of benzene rings is 1. The summed E-state index contributed by atoms with van der Waals surface area (Å²) in [5.41, 5.74) is 0.650. The summed E-state index contributed by atoms with van der Waals surface area (Å²) < 4.78 is 18.6. The van der Waals surface area contributed by atoms with Gasteiger partial charge in [-0.05, 0) is 25.1 Å². The van der Waals surface area contributed by atoms with Crippen LogP contribution < -0.4 is 15.4 Å². The summed E-state index contributed by atoms with van der Waals surface area (Å²) in [7, 11) is 1.54. The van der Waals surface area contributed by atoms with Crippen LogP contribution in [0.15, 0.2) is 18.2 Å². The SMILES string of the molecule is COc1ccc(F)cc1C(C)NC(=O)CC1CSCCN1.Cl. The van der Waals surface area contributed by atoms with Crippen molar-refractivity contribution >= 4 is 30.1 Å². The van der Waals surface area contributed by atoms with Crippen LogP contribution in [0, 0.1) is 5.82 Å². The minimum absolute atomic E-state index is 0. The van der Waals surface area contributed by atoms with Gasteiger partial charge >= 0.3 is 0 Å².